The third-order valence-corrected chi connectivity index (χ3v) is 3.46. The second-order valence-electron chi connectivity index (χ2n) is 4.44. The second-order valence-corrected chi connectivity index (χ2v) is 6.58. The van der Waals surface area contributed by atoms with Crippen LogP contribution in [0.3, 0.4) is 0 Å². The standard InChI is InChI=1S/C12H13F2N3O3S/c1-21(18,19)6-9-10(11(15)17-16-9)7-2-4-8(5-3-7)20-12(13)14/h2-5,12H,6H2,1H3,(H3,15,16,17). The highest BCUT2D eigenvalue weighted by Crippen LogP contribution is 2.30. The molecule has 3 N–H and O–H groups in total. The van der Waals surface area contributed by atoms with Crippen LogP contribution in [0.4, 0.5) is 14.6 Å². The molecule has 0 aliphatic heterocycles. The smallest absolute Gasteiger partial charge is 0.387 e. The minimum Gasteiger partial charge on any atom is -0.435 e. The fourth-order valence-corrected chi connectivity index (χ4v) is 2.62. The van der Waals surface area contributed by atoms with Gasteiger partial charge in [0.1, 0.15) is 5.75 Å². The number of aromatic amines is 1. The molecule has 114 valence electrons. The number of halogens is 2. The van der Waals surface area contributed by atoms with Gasteiger partial charge in [0.2, 0.25) is 0 Å². The zero-order chi connectivity index (χ0) is 15.6. The number of sulfone groups is 1. The molecule has 0 aliphatic rings. The number of hydrogen-bond acceptors (Lipinski definition) is 5. The van der Waals surface area contributed by atoms with E-state index < -0.39 is 16.4 Å². The molecular formula is C12H13F2N3O3S. The Bertz CT molecular complexity index is 727. The average molecular weight is 317 g/mol. The van der Waals surface area contributed by atoms with E-state index in [-0.39, 0.29) is 17.3 Å². The van der Waals surface area contributed by atoms with Gasteiger partial charge in [0, 0.05) is 11.8 Å². The molecule has 0 unspecified atom stereocenters. The maximum absolute atomic E-state index is 12.1. The van der Waals surface area contributed by atoms with Crippen LogP contribution < -0.4 is 10.5 Å². The highest BCUT2D eigenvalue weighted by atomic mass is 32.2. The van der Waals surface area contributed by atoms with Gasteiger partial charge < -0.3 is 10.5 Å². The zero-order valence-corrected chi connectivity index (χ0v) is 11.8. The number of nitrogens with two attached hydrogens (primary N) is 1. The minimum absolute atomic E-state index is 0.000444. The molecule has 2 aromatic rings. The highest BCUT2D eigenvalue weighted by Gasteiger charge is 2.17. The van der Waals surface area contributed by atoms with Crippen LogP contribution in [0.2, 0.25) is 0 Å². The number of rotatable bonds is 5. The van der Waals surface area contributed by atoms with Crippen molar-refractivity contribution >= 4 is 15.7 Å². The van der Waals surface area contributed by atoms with Crippen LogP contribution in [-0.4, -0.2) is 31.5 Å². The molecule has 6 nitrogen and oxygen atoms in total. The highest BCUT2D eigenvalue weighted by molar-refractivity contribution is 7.89. The Morgan fingerprint density at radius 1 is 1.33 bits per heavy atom. The van der Waals surface area contributed by atoms with Crippen molar-refractivity contribution in [3.05, 3.63) is 30.0 Å². The van der Waals surface area contributed by atoms with E-state index in [9.17, 15) is 17.2 Å². The molecule has 0 aliphatic carbocycles. The van der Waals surface area contributed by atoms with E-state index in [0.29, 0.717) is 16.8 Å². The Morgan fingerprint density at radius 3 is 2.48 bits per heavy atom. The first kappa shape index (κ1) is 15.2. The summed E-state index contributed by atoms with van der Waals surface area (Å²) in [7, 11) is -3.27. The first-order valence-corrected chi connectivity index (χ1v) is 7.88. The molecule has 1 aromatic heterocycles. The van der Waals surface area contributed by atoms with Crippen LogP contribution >= 0.6 is 0 Å². The Hall–Kier alpha value is -2.16. The van der Waals surface area contributed by atoms with E-state index in [2.05, 4.69) is 14.9 Å². The van der Waals surface area contributed by atoms with Gasteiger partial charge >= 0.3 is 6.61 Å². The summed E-state index contributed by atoms with van der Waals surface area (Å²) in [6, 6.07) is 5.70. The lowest BCUT2D eigenvalue weighted by Gasteiger charge is -2.07. The third kappa shape index (κ3) is 3.91. The van der Waals surface area contributed by atoms with Crippen LogP contribution in [0, 0.1) is 0 Å². The third-order valence-electron chi connectivity index (χ3n) is 2.64. The molecule has 0 saturated carbocycles. The lowest BCUT2D eigenvalue weighted by Crippen LogP contribution is -2.03. The summed E-state index contributed by atoms with van der Waals surface area (Å²) in [6.45, 7) is -2.91. The molecule has 2 rings (SSSR count). The number of H-pyrrole nitrogens is 1. The predicted molar refractivity (Wildman–Crippen MR) is 73.6 cm³/mol. The van der Waals surface area contributed by atoms with Gasteiger partial charge in [0.05, 0.1) is 11.4 Å². The van der Waals surface area contributed by atoms with E-state index in [4.69, 9.17) is 5.73 Å². The first-order valence-electron chi connectivity index (χ1n) is 5.82. The van der Waals surface area contributed by atoms with Crippen LogP contribution in [0.15, 0.2) is 24.3 Å². The average Bonchev–Trinajstić information content (AvgIpc) is 2.69. The molecule has 0 fully saturated rings. The molecule has 0 amide bonds. The van der Waals surface area contributed by atoms with E-state index in [1.54, 1.807) is 0 Å². The fraction of sp³-hybridized carbons (Fsp3) is 0.250. The number of ether oxygens (including phenoxy) is 1. The normalized spacial score (nSPS) is 11.8. The van der Waals surface area contributed by atoms with Gasteiger partial charge in [0.15, 0.2) is 15.7 Å². The van der Waals surface area contributed by atoms with Crippen molar-refractivity contribution in [2.75, 3.05) is 12.0 Å². The second kappa shape index (κ2) is 5.68. The summed E-state index contributed by atoms with van der Waals surface area (Å²) in [5.41, 5.74) is 7.06. The lowest BCUT2D eigenvalue weighted by atomic mass is 10.1. The zero-order valence-electron chi connectivity index (χ0n) is 11.0. The minimum atomic E-state index is -3.27. The number of anilines is 1. The quantitative estimate of drug-likeness (QED) is 0.876. The number of alkyl halides is 2. The van der Waals surface area contributed by atoms with E-state index in [0.717, 1.165) is 6.26 Å². The van der Waals surface area contributed by atoms with Crippen LogP contribution in [0.25, 0.3) is 11.1 Å². The van der Waals surface area contributed by atoms with Crippen molar-refractivity contribution in [3.8, 4) is 16.9 Å². The van der Waals surface area contributed by atoms with Crippen LogP contribution in [0.1, 0.15) is 5.69 Å². The van der Waals surface area contributed by atoms with Crippen molar-refractivity contribution in [1.29, 1.82) is 0 Å². The Balaban J connectivity index is 2.35. The summed E-state index contributed by atoms with van der Waals surface area (Å²) in [5.74, 6) is -0.112. The monoisotopic (exact) mass is 317 g/mol. The number of nitrogens with zero attached hydrogens (tertiary/aromatic N) is 1. The summed E-state index contributed by atoms with van der Waals surface area (Å²) in [5, 5.41) is 6.36. The Morgan fingerprint density at radius 2 is 1.95 bits per heavy atom. The molecule has 9 heteroatoms. The number of nitrogens with one attached hydrogen (secondary N) is 1. The lowest BCUT2D eigenvalue weighted by molar-refractivity contribution is -0.0498. The Kier molecular flexibility index (Phi) is 4.12. The van der Waals surface area contributed by atoms with Crippen molar-refractivity contribution in [2.24, 2.45) is 0 Å². The van der Waals surface area contributed by atoms with E-state index in [1.165, 1.54) is 24.3 Å². The molecule has 0 spiro atoms. The maximum atomic E-state index is 12.1. The molecule has 0 radical (unpaired) electrons. The van der Waals surface area contributed by atoms with E-state index in [1.807, 2.05) is 0 Å². The van der Waals surface area contributed by atoms with Crippen molar-refractivity contribution in [2.45, 2.75) is 12.4 Å². The summed E-state index contributed by atoms with van der Waals surface area (Å²) in [4.78, 5) is 0. The molecular weight excluding hydrogens is 304 g/mol. The SMILES string of the molecule is CS(=O)(=O)Cc1[nH]nc(N)c1-c1ccc(OC(F)F)cc1. The molecule has 0 atom stereocenters. The van der Waals surface area contributed by atoms with Crippen molar-refractivity contribution in [1.82, 2.24) is 10.2 Å². The number of hydrogen-bond donors (Lipinski definition) is 2. The van der Waals surface area contributed by atoms with Gasteiger partial charge in [-0.25, -0.2) is 8.42 Å². The van der Waals surface area contributed by atoms with E-state index >= 15 is 0 Å². The number of nitrogen functional groups attached to an aromatic ring is 1. The number of aromatic nitrogens is 2. The predicted octanol–water partition coefficient (Wildman–Crippen LogP) is 1.80. The van der Waals surface area contributed by atoms with Gasteiger partial charge in [0.25, 0.3) is 0 Å². The van der Waals surface area contributed by atoms with Crippen molar-refractivity contribution < 1.29 is 21.9 Å². The van der Waals surface area contributed by atoms with Gasteiger partial charge in [-0.1, -0.05) is 12.1 Å². The van der Waals surface area contributed by atoms with Gasteiger partial charge in [-0.15, -0.1) is 0 Å². The molecule has 0 bridgehead atoms. The largest absolute Gasteiger partial charge is 0.435 e. The molecule has 0 saturated heterocycles. The van der Waals surface area contributed by atoms with Crippen LogP contribution in [0.5, 0.6) is 5.75 Å². The Labute approximate surface area is 119 Å². The maximum Gasteiger partial charge on any atom is 0.387 e. The number of benzene rings is 1. The van der Waals surface area contributed by atoms with Gasteiger partial charge in [-0.2, -0.15) is 13.9 Å². The summed E-state index contributed by atoms with van der Waals surface area (Å²) < 4.78 is 51.2. The topological polar surface area (TPSA) is 98.1 Å². The van der Waals surface area contributed by atoms with Gasteiger partial charge in [-0.3, -0.25) is 5.10 Å². The van der Waals surface area contributed by atoms with Crippen LogP contribution in [-0.2, 0) is 15.6 Å². The molecule has 21 heavy (non-hydrogen) atoms. The van der Waals surface area contributed by atoms with Crippen molar-refractivity contribution in [3.63, 3.8) is 0 Å². The first-order chi connectivity index (χ1) is 9.76. The van der Waals surface area contributed by atoms with Gasteiger partial charge in [-0.05, 0) is 17.7 Å². The summed E-state index contributed by atoms with van der Waals surface area (Å²) in [6.07, 6.45) is 1.09. The molecule has 1 heterocycles. The summed E-state index contributed by atoms with van der Waals surface area (Å²) >= 11 is 0. The fourth-order valence-electron chi connectivity index (χ4n) is 1.89. The molecule has 1 aromatic carbocycles.